The number of nitrogens with one attached hydrogen (secondary N) is 1. The van der Waals surface area contributed by atoms with E-state index in [1.54, 1.807) is 0 Å². The molecule has 0 radical (unpaired) electrons. The van der Waals surface area contributed by atoms with Crippen molar-refractivity contribution in [3.05, 3.63) is 35.9 Å². The molecular weight excluding hydrogens is 218 g/mol. The van der Waals surface area contributed by atoms with Gasteiger partial charge >= 0.3 is 0 Å². The molecule has 1 N–H and O–H groups in total. The van der Waals surface area contributed by atoms with E-state index in [1.165, 1.54) is 24.8 Å². The molecule has 1 saturated carbocycles. The minimum Gasteiger partial charge on any atom is -0.317 e. The highest BCUT2D eigenvalue weighted by Gasteiger charge is 2.43. The molecular formula is C17H27N. The Labute approximate surface area is 112 Å². The smallest absolute Gasteiger partial charge is 0.00985 e. The highest BCUT2D eigenvalue weighted by atomic mass is 14.9. The molecule has 1 aliphatic rings. The zero-order valence-corrected chi connectivity index (χ0v) is 12.2. The fraction of sp³-hybridized carbons (Fsp3) is 0.647. The molecule has 1 fully saturated rings. The van der Waals surface area contributed by atoms with Crippen molar-refractivity contribution in [1.29, 1.82) is 0 Å². The van der Waals surface area contributed by atoms with Crippen LogP contribution in [0, 0.1) is 11.3 Å². The maximum Gasteiger partial charge on any atom is 0.00985 e. The standard InChI is InChI=1S/C17H27N/c1-17(2,3)11-10-16(18-4)15-12-14(15)13-8-6-5-7-9-13/h5-9,14-16,18H,10-12H2,1-4H3. The lowest BCUT2D eigenvalue weighted by Crippen LogP contribution is -2.29. The molecule has 0 saturated heterocycles. The Bertz CT molecular complexity index is 363. The van der Waals surface area contributed by atoms with Crippen LogP contribution < -0.4 is 5.32 Å². The summed E-state index contributed by atoms with van der Waals surface area (Å²) in [5, 5.41) is 3.54. The molecule has 3 unspecified atom stereocenters. The van der Waals surface area contributed by atoms with Crippen molar-refractivity contribution in [2.24, 2.45) is 11.3 Å². The second-order valence-corrected chi connectivity index (χ2v) is 6.91. The fourth-order valence-corrected chi connectivity index (χ4v) is 2.90. The summed E-state index contributed by atoms with van der Waals surface area (Å²) in [7, 11) is 2.12. The van der Waals surface area contributed by atoms with Gasteiger partial charge in [-0.05, 0) is 49.1 Å². The SMILES string of the molecule is CNC(CCC(C)(C)C)C1CC1c1ccccc1. The van der Waals surface area contributed by atoms with E-state index >= 15 is 0 Å². The Kier molecular flexibility index (Phi) is 4.11. The van der Waals surface area contributed by atoms with E-state index in [0.29, 0.717) is 11.5 Å². The molecule has 0 aromatic heterocycles. The third-order valence-corrected chi connectivity index (χ3v) is 4.16. The van der Waals surface area contributed by atoms with Crippen molar-refractivity contribution >= 4 is 0 Å². The Hall–Kier alpha value is -0.820. The lowest BCUT2D eigenvalue weighted by Gasteiger charge is -2.23. The van der Waals surface area contributed by atoms with Crippen LogP contribution in [0.2, 0.25) is 0 Å². The van der Waals surface area contributed by atoms with Gasteiger partial charge in [0.1, 0.15) is 0 Å². The maximum absolute atomic E-state index is 3.54. The predicted octanol–water partition coefficient (Wildman–Crippen LogP) is 4.20. The zero-order chi connectivity index (χ0) is 13.2. The quantitative estimate of drug-likeness (QED) is 0.819. The lowest BCUT2D eigenvalue weighted by molar-refractivity contribution is 0.322. The molecule has 1 aliphatic carbocycles. The first-order chi connectivity index (χ1) is 8.51. The van der Waals surface area contributed by atoms with Gasteiger partial charge in [-0.3, -0.25) is 0 Å². The van der Waals surface area contributed by atoms with Gasteiger partial charge in [0.25, 0.3) is 0 Å². The number of hydrogen-bond acceptors (Lipinski definition) is 1. The van der Waals surface area contributed by atoms with Gasteiger partial charge in [0, 0.05) is 6.04 Å². The van der Waals surface area contributed by atoms with Crippen LogP contribution in [0.3, 0.4) is 0 Å². The molecule has 0 heterocycles. The first kappa shape index (κ1) is 13.6. The Morgan fingerprint density at radius 3 is 2.44 bits per heavy atom. The van der Waals surface area contributed by atoms with Gasteiger partial charge in [-0.25, -0.2) is 0 Å². The maximum atomic E-state index is 3.54. The van der Waals surface area contributed by atoms with E-state index in [1.807, 2.05) is 0 Å². The predicted molar refractivity (Wildman–Crippen MR) is 78.8 cm³/mol. The van der Waals surface area contributed by atoms with Gasteiger partial charge in [0.05, 0.1) is 0 Å². The minimum absolute atomic E-state index is 0.451. The van der Waals surface area contributed by atoms with Gasteiger partial charge in [0.15, 0.2) is 0 Å². The Morgan fingerprint density at radius 1 is 1.22 bits per heavy atom. The van der Waals surface area contributed by atoms with Crippen molar-refractivity contribution in [2.45, 2.75) is 52.0 Å². The van der Waals surface area contributed by atoms with Gasteiger partial charge in [-0.1, -0.05) is 51.1 Å². The van der Waals surface area contributed by atoms with E-state index in [9.17, 15) is 0 Å². The molecule has 0 bridgehead atoms. The average molecular weight is 245 g/mol. The summed E-state index contributed by atoms with van der Waals surface area (Å²) in [5.74, 6) is 1.64. The third-order valence-electron chi connectivity index (χ3n) is 4.16. The third kappa shape index (κ3) is 3.58. The summed E-state index contributed by atoms with van der Waals surface area (Å²) < 4.78 is 0. The summed E-state index contributed by atoms with van der Waals surface area (Å²) in [5.41, 5.74) is 1.98. The second-order valence-electron chi connectivity index (χ2n) is 6.91. The average Bonchev–Trinajstić information content (AvgIpc) is 3.10. The first-order valence-corrected chi connectivity index (χ1v) is 7.23. The molecule has 2 rings (SSSR count). The van der Waals surface area contributed by atoms with Crippen LogP contribution in [0.25, 0.3) is 0 Å². The molecule has 3 atom stereocenters. The van der Waals surface area contributed by atoms with Crippen molar-refractivity contribution in [2.75, 3.05) is 7.05 Å². The molecule has 0 spiro atoms. The molecule has 1 aromatic carbocycles. The van der Waals surface area contributed by atoms with Crippen LogP contribution >= 0.6 is 0 Å². The van der Waals surface area contributed by atoms with E-state index < -0.39 is 0 Å². The number of benzene rings is 1. The molecule has 100 valence electrons. The lowest BCUT2D eigenvalue weighted by atomic mass is 9.87. The number of hydrogen-bond donors (Lipinski definition) is 1. The molecule has 1 aromatic rings. The molecule has 0 aliphatic heterocycles. The van der Waals surface area contributed by atoms with E-state index in [2.05, 4.69) is 63.5 Å². The molecule has 1 nitrogen and oxygen atoms in total. The van der Waals surface area contributed by atoms with Crippen molar-refractivity contribution in [3.8, 4) is 0 Å². The van der Waals surface area contributed by atoms with Crippen molar-refractivity contribution in [3.63, 3.8) is 0 Å². The van der Waals surface area contributed by atoms with Crippen LogP contribution in [0.5, 0.6) is 0 Å². The summed E-state index contributed by atoms with van der Waals surface area (Å²) >= 11 is 0. The van der Waals surface area contributed by atoms with Crippen LogP contribution in [0.1, 0.15) is 51.5 Å². The Morgan fingerprint density at radius 2 is 1.89 bits per heavy atom. The van der Waals surface area contributed by atoms with Crippen LogP contribution in [-0.2, 0) is 0 Å². The monoisotopic (exact) mass is 245 g/mol. The van der Waals surface area contributed by atoms with Gasteiger partial charge in [-0.15, -0.1) is 0 Å². The summed E-state index contributed by atoms with van der Waals surface area (Å²) in [6, 6.07) is 11.7. The summed E-state index contributed by atoms with van der Waals surface area (Å²) in [6.45, 7) is 7.00. The largest absolute Gasteiger partial charge is 0.317 e. The highest BCUT2D eigenvalue weighted by Crippen LogP contribution is 2.50. The van der Waals surface area contributed by atoms with Gasteiger partial charge in [0.2, 0.25) is 0 Å². The summed E-state index contributed by atoms with van der Waals surface area (Å²) in [6.07, 6.45) is 3.96. The van der Waals surface area contributed by atoms with E-state index in [4.69, 9.17) is 0 Å². The zero-order valence-electron chi connectivity index (χ0n) is 12.2. The highest BCUT2D eigenvalue weighted by molar-refractivity contribution is 5.26. The molecule has 1 heteroatoms. The normalized spacial score (nSPS) is 24.9. The van der Waals surface area contributed by atoms with Crippen LogP contribution in [0.15, 0.2) is 30.3 Å². The fourth-order valence-electron chi connectivity index (χ4n) is 2.90. The van der Waals surface area contributed by atoms with Crippen molar-refractivity contribution in [1.82, 2.24) is 5.32 Å². The number of rotatable bonds is 5. The van der Waals surface area contributed by atoms with Gasteiger partial charge in [-0.2, -0.15) is 0 Å². The van der Waals surface area contributed by atoms with Gasteiger partial charge < -0.3 is 5.32 Å². The van der Waals surface area contributed by atoms with Crippen LogP contribution in [0.4, 0.5) is 0 Å². The van der Waals surface area contributed by atoms with Crippen LogP contribution in [-0.4, -0.2) is 13.1 Å². The topological polar surface area (TPSA) is 12.0 Å². The first-order valence-electron chi connectivity index (χ1n) is 7.23. The minimum atomic E-state index is 0.451. The Balaban J connectivity index is 1.88. The van der Waals surface area contributed by atoms with E-state index in [-0.39, 0.29) is 0 Å². The summed E-state index contributed by atoms with van der Waals surface area (Å²) in [4.78, 5) is 0. The molecule has 18 heavy (non-hydrogen) atoms. The van der Waals surface area contributed by atoms with E-state index in [0.717, 1.165) is 11.8 Å². The molecule has 0 amide bonds. The van der Waals surface area contributed by atoms with Crippen molar-refractivity contribution < 1.29 is 0 Å². The second kappa shape index (κ2) is 5.44.